The van der Waals surface area contributed by atoms with E-state index in [1.165, 1.54) is 31.7 Å². The Morgan fingerprint density at radius 3 is 1.68 bits per heavy atom. The molecule has 1 aromatic rings. The zero-order valence-corrected chi connectivity index (χ0v) is 64.5. The van der Waals surface area contributed by atoms with Gasteiger partial charge < -0.3 is 84.3 Å². The van der Waals surface area contributed by atoms with Gasteiger partial charge in [0, 0.05) is 19.4 Å². The number of aliphatic hydroxyl groups excluding tert-OH is 1. The van der Waals surface area contributed by atoms with Crippen LogP contribution in [0.1, 0.15) is 188 Å². The van der Waals surface area contributed by atoms with Crippen molar-refractivity contribution in [1.29, 1.82) is 0 Å². The summed E-state index contributed by atoms with van der Waals surface area (Å²) in [6.45, 7) is 31.6. The number of amides is 13. The van der Waals surface area contributed by atoms with Crippen molar-refractivity contribution in [1.82, 2.24) is 68.7 Å². The Morgan fingerprint density at radius 2 is 1.15 bits per heavy atom. The second kappa shape index (κ2) is 43.0. The minimum atomic E-state index is -1.83. The molecule has 0 saturated carbocycles. The van der Waals surface area contributed by atoms with Crippen LogP contribution in [0.25, 0.3) is 0 Å². The lowest BCUT2D eigenvalue weighted by Crippen LogP contribution is -2.64. The van der Waals surface area contributed by atoms with Crippen LogP contribution in [-0.2, 0) is 78.3 Å². The molecular formula is C74H122N14O16. The summed E-state index contributed by atoms with van der Waals surface area (Å²) >= 11 is 0. The Morgan fingerprint density at radius 1 is 0.615 bits per heavy atom. The zero-order valence-electron chi connectivity index (χ0n) is 64.5. The van der Waals surface area contributed by atoms with Gasteiger partial charge in [-0.3, -0.25) is 62.3 Å². The number of ether oxygens (including phenoxy) is 1. The molecule has 2 saturated heterocycles. The third-order valence-corrected chi connectivity index (χ3v) is 19.0. The van der Waals surface area contributed by atoms with E-state index in [0.717, 1.165) is 0 Å². The molecule has 2 aliphatic rings. The van der Waals surface area contributed by atoms with E-state index in [1.54, 1.807) is 127 Å². The summed E-state index contributed by atoms with van der Waals surface area (Å²) in [4.78, 5) is 202. The first-order valence-corrected chi connectivity index (χ1v) is 37.0. The lowest BCUT2D eigenvalue weighted by atomic mass is 9.95. The Bertz CT molecular complexity index is 3140. The monoisotopic (exact) mass is 1460 g/mol. The van der Waals surface area contributed by atoms with Crippen LogP contribution >= 0.6 is 0 Å². The van der Waals surface area contributed by atoms with Gasteiger partial charge in [0.15, 0.2) is 0 Å². The van der Waals surface area contributed by atoms with Crippen LogP contribution in [-0.4, -0.2) is 191 Å². The fourth-order valence-electron chi connectivity index (χ4n) is 11.9. The van der Waals surface area contributed by atoms with Crippen LogP contribution in [0.4, 0.5) is 0 Å². The van der Waals surface area contributed by atoms with E-state index in [0.29, 0.717) is 24.8 Å². The second-order valence-electron chi connectivity index (χ2n) is 29.8. The normalized spacial score (nSPS) is 22.7. The lowest BCUT2D eigenvalue weighted by molar-refractivity contribution is -0.157. The van der Waals surface area contributed by atoms with Gasteiger partial charge in [-0.05, 0) is 112 Å². The lowest BCUT2D eigenvalue weighted by Gasteiger charge is -2.33. The average molecular weight is 1460 g/mol. The van der Waals surface area contributed by atoms with Crippen molar-refractivity contribution in [3.63, 3.8) is 0 Å². The van der Waals surface area contributed by atoms with E-state index in [2.05, 4.69) is 63.8 Å². The molecule has 0 bridgehead atoms. The molecular weight excluding hydrogens is 1340 g/mol. The predicted molar refractivity (Wildman–Crippen MR) is 391 cm³/mol. The van der Waals surface area contributed by atoms with Crippen molar-refractivity contribution >= 4 is 82.8 Å². The molecule has 2 aliphatic heterocycles. The molecule has 16 atom stereocenters. The summed E-state index contributed by atoms with van der Waals surface area (Å²) in [5.41, 5.74) is 6.34. The van der Waals surface area contributed by atoms with Gasteiger partial charge in [-0.25, -0.2) is 4.79 Å². The molecule has 0 radical (unpaired) electrons. The number of nitrogens with zero attached hydrogens (tertiary/aromatic N) is 1. The first-order chi connectivity index (χ1) is 48.7. The summed E-state index contributed by atoms with van der Waals surface area (Å²) in [7, 11) is 0. The Labute approximate surface area is 613 Å². The van der Waals surface area contributed by atoms with Gasteiger partial charge in [-0.2, -0.15) is 0 Å². The van der Waals surface area contributed by atoms with Gasteiger partial charge in [-0.15, -0.1) is 0 Å². The van der Waals surface area contributed by atoms with Crippen LogP contribution in [0, 0.1) is 47.3 Å². The fourth-order valence-corrected chi connectivity index (χ4v) is 11.9. The van der Waals surface area contributed by atoms with E-state index < -0.39 is 203 Å². The van der Waals surface area contributed by atoms with Crippen molar-refractivity contribution in [2.24, 2.45) is 53.1 Å². The van der Waals surface area contributed by atoms with Crippen LogP contribution in [0.2, 0.25) is 0 Å². The second-order valence-corrected chi connectivity index (χ2v) is 29.8. The SMILES string of the molecule is C/C=C1\NC(=O)[C@H](Cc2ccccc2)NC(=O)[C@@H](C(C)C)NC(=O)[C@@H]([C@@H](C)CC)NC(=O)[C@H](NC(=O)[C@H](NC(=O)[C@H](CCCN)NC(=O)[C@H]2CCCN2C(=O)[C@H](NC(=O)[C@@H](NC(=O)[C@@H](NC(=O)[C@H](NC(=O)CCC(C)C)C(C)C)[C@@H](C)O)C(C)C)C(C)C)[C@@H](C)CC)[C@@H](C)OC(=O)[C@H](C(C)C)NC1=O. The largest absolute Gasteiger partial charge is 0.458 e. The third-order valence-electron chi connectivity index (χ3n) is 19.0. The molecule has 30 heteroatoms. The molecule has 0 aliphatic carbocycles. The quantitative estimate of drug-likeness (QED) is 0.0358. The molecule has 30 nitrogen and oxygen atoms in total. The maximum atomic E-state index is 15.0. The number of hydrogen-bond acceptors (Lipinski definition) is 17. The topological polar surface area (TPSA) is 442 Å². The number of carbonyl (C=O) groups excluding carboxylic acids is 14. The molecule has 584 valence electrons. The van der Waals surface area contributed by atoms with E-state index in [-0.39, 0.29) is 69.1 Å². The summed E-state index contributed by atoms with van der Waals surface area (Å²) in [5, 5.41) is 43.1. The number of rotatable bonds is 32. The highest BCUT2D eigenvalue weighted by atomic mass is 16.5. The van der Waals surface area contributed by atoms with E-state index in [4.69, 9.17) is 10.5 Å². The number of carbonyl (C=O) groups is 14. The number of aliphatic hydroxyl groups is 1. The number of esters is 1. The molecule has 2 fully saturated rings. The number of allylic oxidation sites excluding steroid dienone is 1. The number of likely N-dealkylation sites (tertiary alicyclic amines) is 1. The standard InChI is InChI=1S/C74H122N14O16/c1-20-43(16)58(70(99)87-61-46(19)104-74(103)57(42(14)15)83-62(91)48(22-3)76-64(93)50(36-47-28-24-23-25-29-47)78-66(95)54(39(8)9)80-69(98)59(44(17)21-2)85-72(61)101)84-63(92)49(30-26-34-75)77-65(94)51-31-27-35-88(51)73(102)56(41(12)13)82-68(97)55(40(10)11)81-71(100)60(45(18)89)86-67(96)53(38(6)7)79-52(90)33-32-37(4)5/h22-25,28-29,37-46,49-51,53-61,89H,20-21,26-27,30-36,75H2,1-19H3,(H,76,93)(H,77,94)(H,78,95)(H,79,90)(H,80,98)(H,81,100)(H,82,97)(H,83,91)(H,84,92)(H,85,101)(H,86,96)(H,87,99)/b48-22-/t43-,44-,45+,46+,49-,50-,51+,53+,54+,55-,56+,57-,58+,59+,60-,61+/m0/s1. The number of nitrogens with one attached hydrogen (secondary N) is 12. The highest BCUT2D eigenvalue weighted by molar-refractivity contribution is 6.03. The minimum Gasteiger partial charge on any atom is -0.458 e. The first-order valence-electron chi connectivity index (χ1n) is 37.0. The maximum Gasteiger partial charge on any atom is 0.329 e. The van der Waals surface area contributed by atoms with Gasteiger partial charge in [0.2, 0.25) is 70.9 Å². The highest BCUT2D eigenvalue weighted by Crippen LogP contribution is 2.23. The third kappa shape index (κ3) is 26.9. The number of benzene rings is 1. The Hall–Kier alpha value is -8.54. The zero-order chi connectivity index (χ0) is 78.7. The average Bonchev–Trinajstić information content (AvgIpc) is 1.54. The van der Waals surface area contributed by atoms with Crippen LogP contribution in [0.3, 0.4) is 0 Å². The van der Waals surface area contributed by atoms with Crippen LogP contribution in [0.15, 0.2) is 42.1 Å². The predicted octanol–water partition coefficient (Wildman–Crippen LogP) is 1.45. The van der Waals surface area contributed by atoms with E-state index >= 15 is 9.59 Å². The molecule has 0 unspecified atom stereocenters. The summed E-state index contributed by atoms with van der Waals surface area (Å²) < 4.78 is 5.96. The van der Waals surface area contributed by atoms with Crippen molar-refractivity contribution < 1.29 is 77.0 Å². The molecule has 15 N–H and O–H groups in total. The van der Waals surface area contributed by atoms with E-state index in [1.807, 2.05) is 13.8 Å². The Kier molecular flexibility index (Phi) is 37.1. The van der Waals surface area contributed by atoms with Gasteiger partial charge in [0.1, 0.15) is 84.3 Å². The molecule has 0 spiro atoms. The van der Waals surface area contributed by atoms with Gasteiger partial charge >= 0.3 is 5.97 Å². The van der Waals surface area contributed by atoms with Crippen molar-refractivity contribution in [2.75, 3.05) is 13.1 Å². The van der Waals surface area contributed by atoms with E-state index in [9.17, 15) is 62.6 Å². The maximum absolute atomic E-state index is 15.0. The summed E-state index contributed by atoms with van der Waals surface area (Å²) in [6.07, 6.45) is 0.173. The Balaban J connectivity index is 2.01. The fraction of sp³-hybridized carbons (Fsp3) is 0.703. The van der Waals surface area contributed by atoms with Crippen LogP contribution in [0.5, 0.6) is 0 Å². The molecule has 0 aromatic heterocycles. The molecule has 13 amide bonds. The smallest absolute Gasteiger partial charge is 0.329 e. The number of hydrogen-bond donors (Lipinski definition) is 14. The molecule has 3 rings (SSSR count). The summed E-state index contributed by atoms with van der Waals surface area (Å²) in [5.74, 6) is -15.3. The highest BCUT2D eigenvalue weighted by Gasteiger charge is 2.44. The number of nitrogens with two attached hydrogens (primary N) is 1. The van der Waals surface area contributed by atoms with Crippen molar-refractivity contribution in [3.8, 4) is 0 Å². The first kappa shape index (κ1) is 89.7. The van der Waals surface area contributed by atoms with Crippen molar-refractivity contribution in [2.45, 2.75) is 274 Å². The minimum absolute atomic E-state index is 0.0355. The van der Waals surface area contributed by atoms with Gasteiger partial charge in [0.25, 0.3) is 5.91 Å². The molecule has 1 aromatic carbocycles. The van der Waals surface area contributed by atoms with Crippen molar-refractivity contribution in [3.05, 3.63) is 47.7 Å². The van der Waals surface area contributed by atoms with Gasteiger partial charge in [-0.1, -0.05) is 160 Å². The van der Waals surface area contributed by atoms with Gasteiger partial charge in [0.05, 0.1) is 6.10 Å². The summed E-state index contributed by atoms with van der Waals surface area (Å²) in [6, 6.07) is -7.67. The molecule has 2 heterocycles. The number of cyclic esters (lactones) is 1. The van der Waals surface area contributed by atoms with Crippen LogP contribution < -0.4 is 69.5 Å². The molecule has 104 heavy (non-hydrogen) atoms.